The van der Waals surface area contributed by atoms with Gasteiger partial charge >= 0.3 is 6.18 Å². The lowest BCUT2D eigenvalue weighted by molar-refractivity contribution is -0.137. The van der Waals surface area contributed by atoms with Crippen LogP contribution in [0.1, 0.15) is 25.0 Å². The molecule has 0 spiro atoms. The number of hydrogen-bond acceptors (Lipinski definition) is 4. The fourth-order valence-corrected chi connectivity index (χ4v) is 4.41. The van der Waals surface area contributed by atoms with E-state index in [1.165, 1.54) is 24.3 Å². The Labute approximate surface area is 206 Å². The van der Waals surface area contributed by atoms with E-state index < -0.39 is 38.8 Å². The first-order chi connectivity index (χ1) is 16.4. The topological polar surface area (TPSA) is 84.5 Å². The second-order valence-electron chi connectivity index (χ2n) is 7.53. The van der Waals surface area contributed by atoms with Crippen LogP contribution in [0.2, 0.25) is 5.02 Å². The molecule has 0 aliphatic rings. The fraction of sp³-hybridized carbons (Fsp3) is 0.208. The average Bonchev–Trinajstić information content (AvgIpc) is 2.80. The van der Waals surface area contributed by atoms with E-state index in [1.807, 2.05) is 19.1 Å². The zero-order valence-electron chi connectivity index (χ0n) is 18.7. The van der Waals surface area contributed by atoms with Crippen molar-refractivity contribution >= 4 is 38.9 Å². The highest BCUT2D eigenvalue weighted by molar-refractivity contribution is 7.92. The van der Waals surface area contributed by atoms with Crippen LogP contribution in [0.4, 0.5) is 24.5 Å². The molecule has 0 bridgehead atoms. The monoisotopic (exact) mass is 526 g/mol. The van der Waals surface area contributed by atoms with Crippen LogP contribution in [-0.2, 0) is 27.4 Å². The summed E-state index contributed by atoms with van der Waals surface area (Å²) < 4.78 is 72.2. The zero-order valence-corrected chi connectivity index (χ0v) is 20.3. The molecule has 0 heterocycles. The van der Waals surface area contributed by atoms with Gasteiger partial charge in [-0.05, 0) is 67.4 Å². The van der Waals surface area contributed by atoms with E-state index in [-0.39, 0.29) is 10.6 Å². The Balaban J connectivity index is 1.68. The number of amides is 1. The minimum atomic E-state index is -4.74. The Morgan fingerprint density at radius 2 is 1.66 bits per heavy atom. The number of carbonyl (C=O) groups is 1. The Hall–Kier alpha value is -3.24. The highest BCUT2D eigenvalue weighted by atomic mass is 35.5. The van der Waals surface area contributed by atoms with E-state index in [2.05, 4.69) is 10.0 Å². The summed E-state index contributed by atoms with van der Waals surface area (Å²) in [5.41, 5.74) is -0.177. The Morgan fingerprint density at radius 3 is 2.29 bits per heavy atom. The molecule has 0 aromatic heterocycles. The van der Waals surface area contributed by atoms with Crippen molar-refractivity contribution in [3.05, 3.63) is 82.9 Å². The Morgan fingerprint density at radius 1 is 1.03 bits per heavy atom. The molecule has 0 unspecified atom stereocenters. The molecule has 1 atom stereocenters. The van der Waals surface area contributed by atoms with Crippen molar-refractivity contribution in [1.82, 2.24) is 0 Å². The van der Waals surface area contributed by atoms with Crippen molar-refractivity contribution in [2.45, 2.75) is 37.4 Å². The highest BCUT2D eigenvalue weighted by Crippen LogP contribution is 2.36. The minimum Gasteiger partial charge on any atom is -0.481 e. The summed E-state index contributed by atoms with van der Waals surface area (Å²) in [5.74, 6) is 0.159. The number of alkyl halides is 3. The van der Waals surface area contributed by atoms with Crippen LogP contribution in [0.25, 0.3) is 0 Å². The second kappa shape index (κ2) is 10.6. The SMILES string of the molecule is CCc1ccccc1O[C@@H](C)C(=O)Nc1ccc(S(=O)(=O)Nc2ccc(Cl)c(C(F)(F)F)c2)cc1. The van der Waals surface area contributed by atoms with Crippen LogP contribution < -0.4 is 14.8 Å². The maximum absolute atomic E-state index is 13.0. The van der Waals surface area contributed by atoms with Crippen molar-refractivity contribution in [2.24, 2.45) is 0 Å². The average molecular weight is 527 g/mol. The first kappa shape index (κ1) is 26.4. The number of benzene rings is 3. The summed E-state index contributed by atoms with van der Waals surface area (Å²) in [6.07, 6.45) is -4.82. The molecule has 0 saturated heterocycles. The molecule has 0 fully saturated rings. The van der Waals surface area contributed by atoms with E-state index in [1.54, 1.807) is 19.1 Å². The number of halogens is 4. The van der Waals surface area contributed by atoms with Crippen LogP contribution in [0.5, 0.6) is 5.75 Å². The van der Waals surface area contributed by atoms with Crippen molar-refractivity contribution in [2.75, 3.05) is 10.0 Å². The summed E-state index contributed by atoms with van der Waals surface area (Å²) in [4.78, 5) is 12.3. The molecule has 0 aliphatic carbocycles. The molecule has 0 aliphatic heterocycles. The largest absolute Gasteiger partial charge is 0.481 e. The van der Waals surface area contributed by atoms with Gasteiger partial charge in [-0.25, -0.2) is 8.42 Å². The van der Waals surface area contributed by atoms with Gasteiger partial charge < -0.3 is 10.1 Å². The number of sulfonamides is 1. The fourth-order valence-electron chi connectivity index (χ4n) is 3.14. The van der Waals surface area contributed by atoms with Crippen LogP contribution in [-0.4, -0.2) is 20.4 Å². The standard InChI is InChI=1S/C24H22ClF3N2O4S/c1-3-16-6-4-5-7-22(16)34-15(2)23(31)29-17-8-11-19(12-9-17)35(32,33)30-18-10-13-21(25)20(14-18)24(26,27)28/h4-15,30H,3H2,1-2H3,(H,29,31)/t15-/m0/s1. The van der Waals surface area contributed by atoms with Gasteiger partial charge in [0.2, 0.25) is 0 Å². The lowest BCUT2D eigenvalue weighted by Gasteiger charge is -2.17. The van der Waals surface area contributed by atoms with Crippen LogP contribution >= 0.6 is 11.6 Å². The molecule has 3 aromatic carbocycles. The number of anilines is 2. The summed E-state index contributed by atoms with van der Waals surface area (Å²) in [6.45, 7) is 3.56. The lowest BCUT2D eigenvalue weighted by Crippen LogP contribution is -2.30. The molecular weight excluding hydrogens is 505 g/mol. The van der Waals surface area contributed by atoms with Crippen LogP contribution in [0.15, 0.2) is 71.6 Å². The second-order valence-corrected chi connectivity index (χ2v) is 9.62. The third kappa shape index (κ3) is 6.67. The quantitative estimate of drug-likeness (QED) is 0.370. The molecule has 3 rings (SSSR count). The number of para-hydroxylation sites is 1. The molecular formula is C24H22ClF3N2O4S. The number of carbonyl (C=O) groups excluding carboxylic acids is 1. The summed E-state index contributed by atoms with van der Waals surface area (Å²) in [5, 5.41) is 2.09. The van der Waals surface area contributed by atoms with E-state index in [9.17, 15) is 26.4 Å². The molecule has 0 radical (unpaired) electrons. The van der Waals surface area contributed by atoms with Gasteiger partial charge in [-0.3, -0.25) is 9.52 Å². The third-order valence-electron chi connectivity index (χ3n) is 4.98. The van der Waals surface area contributed by atoms with Gasteiger partial charge in [0.25, 0.3) is 15.9 Å². The normalized spacial score (nSPS) is 12.6. The Kier molecular flexibility index (Phi) is 7.97. The zero-order chi connectivity index (χ0) is 25.8. The first-order valence-electron chi connectivity index (χ1n) is 10.5. The maximum Gasteiger partial charge on any atom is 0.417 e. The minimum absolute atomic E-state index is 0.208. The summed E-state index contributed by atoms with van der Waals surface area (Å²) in [6, 6.07) is 15.2. The van der Waals surface area contributed by atoms with E-state index >= 15 is 0 Å². The van der Waals surface area contributed by atoms with Crippen molar-refractivity contribution in [3.8, 4) is 5.75 Å². The molecule has 3 aromatic rings. The summed E-state index contributed by atoms with van der Waals surface area (Å²) >= 11 is 5.57. The molecule has 6 nitrogen and oxygen atoms in total. The first-order valence-corrected chi connectivity index (χ1v) is 12.3. The predicted octanol–water partition coefficient (Wildman–Crippen LogP) is 6.13. The number of nitrogens with one attached hydrogen (secondary N) is 2. The number of aryl methyl sites for hydroxylation is 1. The Bertz CT molecular complexity index is 1310. The summed E-state index contributed by atoms with van der Waals surface area (Å²) in [7, 11) is -4.20. The van der Waals surface area contributed by atoms with E-state index in [0.29, 0.717) is 17.5 Å². The van der Waals surface area contributed by atoms with Gasteiger partial charge in [0.15, 0.2) is 6.10 Å². The van der Waals surface area contributed by atoms with Gasteiger partial charge in [0.05, 0.1) is 15.5 Å². The molecule has 35 heavy (non-hydrogen) atoms. The molecule has 0 saturated carbocycles. The van der Waals surface area contributed by atoms with E-state index in [0.717, 1.165) is 24.1 Å². The van der Waals surface area contributed by atoms with Gasteiger partial charge in [-0.1, -0.05) is 36.7 Å². The lowest BCUT2D eigenvalue weighted by atomic mass is 10.1. The van der Waals surface area contributed by atoms with Gasteiger partial charge in [-0.15, -0.1) is 0 Å². The van der Waals surface area contributed by atoms with Gasteiger partial charge in [-0.2, -0.15) is 13.2 Å². The molecule has 11 heteroatoms. The van der Waals surface area contributed by atoms with Gasteiger partial charge in [0.1, 0.15) is 5.75 Å². The number of rotatable bonds is 8. The van der Waals surface area contributed by atoms with Crippen molar-refractivity contribution < 1.29 is 31.1 Å². The molecule has 186 valence electrons. The predicted molar refractivity (Wildman–Crippen MR) is 128 cm³/mol. The maximum atomic E-state index is 13.0. The number of ether oxygens (including phenoxy) is 1. The highest BCUT2D eigenvalue weighted by Gasteiger charge is 2.33. The van der Waals surface area contributed by atoms with Crippen LogP contribution in [0, 0.1) is 0 Å². The van der Waals surface area contributed by atoms with Gasteiger partial charge in [0, 0.05) is 11.4 Å². The third-order valence-corrected chi connectivity index (χ3v) is 6.71. The van der Waals surface area contributed by atoms with E-state index in [4.69, 9.17) is 16.3 Å². The smallest absolute Gasteiger partial charge is 0.417 e. The van der Waals surface area contributed by atoms with Crippen molar-refractivity contribution in [3.63, 3.8) is 0 Å². The number of hydrogen-bond donors (Lipinski definition) is 2. The van der Waals surface area contributed by atoms with Crippen LogP contribution in [0.3, 0.4) is 0 Å². The molecule has 2 N–H and O–H groups in total. The molecule has 1 amide bonds. The van der Waals surface area contributed by atoms with Crippen molar-refractivity contribution in [1.29, 1.82) is 0 Å².